The molecule has 2 aromatic carbocycles. The van der Waals surface area contributed by atoms with Crippen molar-refractivity contribution in [3.8, 4) is 0 Å². The van der Waals surface area contributed by atoms with Crippen molar-refractivity contribution in [1.82, 2.24) is 15.8 Å². The number of nitrogens with one attached hydrogen (secondary N) is 3. The number of aromatic nitrogens is 1. The molecule has 3 aliphatic rings. The maximum atomic E-state index is 13.7. The lowest BCUT2D eigenvalue weighted by Gasteiger charge is -2.36. The van der Waals surface area contributed by atoms with Crippen molar-refractivity contribution >= 4 is 23.1 Å². The van der Waals surface area contributed by atoms with Gasteiger partial charge >= 0.3 is 12.2 Å². The Morgan fingerprint density at radius 2 is 1.81 bits per heavy atom. The van der Waals surface area contributed by atoms with Crippen LogP contribution in [0.3, 0.4) is 0 Å². The van der Waals surface area contributed by atoms with Gasteiger partial charge in [-0.3, -0.25) is 15.4 Å². The van der Waals surface area contributed by atoms with Crippen molar-refractivity contribution in [2.75, 3.05) is 30.4 Å². The molecule has 4 N–H and O–H groups in total. The lowest BCUT2D eigenvalue weighted by Crippen LogP contribution is -2.43. The topological polar surface area (TPSA) is 116 Å². The van der Waals surface area contributed by atoms with Gasteiger partial charge in [0.2, 0.25) is 5.72 Å². The molecule has 4 heterocycles. The van der Waals surface area contributed by atoms with Gasteiger partial charge in [0.1, 0.15) is 5.69 Å². The van der Waals surface area contributed by atoms with Crippen molar-refractivity contribution in [2.24, 2.45) is 9.98 Å². The van der Waals surface area contributed by atoms with Crippen LogP contribution in [0.2, 0.25) is 0 Å². The van der Waals surface area contributed by atoms with Crippen LogP contribution < -0.4 is 21.1 Å². The zero-order valence-corrected chi connectivity index (χ0v) is 23.6. The summed E-state index contributed by atoms with van der Waals surface area (Å²) in [5.74, 6) is 0. The lowest BCUT2D eigenvalue weighted by molar-refractivity contribution is -0.137. The molecule has 3 aliphatic heterocycles. The smallest absolute Gasteiger partial charge is 0.417 e. The van der Waals surface area contributed by atoms with Crippen molar-refractivity contribution in [3.05, 3.63) is 89.2 Å². The molecule has 0 aliphatic carbocycles. The number of ether oxygens (including phenoxy) is 2. The van der Waals surface area contributed by atoms with E-state index in [9.17, 15) is 18.3 Å². The normalized spacial score (nSPS) is 25.3. The number of aliphatic hydroxyl groups is 1. The number of alkyl halides is 3. The van der Waals surface area contributed by atoms with Crippen molar-refractivity contribution in [2.45, 2.75) is 50.2 Å². The first kappa shape index (κ1) is 28.9. The molecule has 3 aromatic rings. The lowest BCUT2D eigenvalue weighted by atomic mass is 10.0. The highest BCUT2D eigenvalue weighted by molar-refractivity contribution is 6.16. The second-order valence-electron chi connectivity index (χ2n) is 10.7. The predicted molar refractivity (Wildman–Crippen MR) is 156 cm³/mol. The van der Waals surface area contributed by atoms with E-state index >= 15 is 0 Å². The van der Waals surface area contributed by atoms with Gasteiger partial charge in [-0.25, -0.2) is 4.99 Å². The predicted octanol–water partition coefficient (Wildman–Crippen LogP) is 3.98. The monoisotopic (exact) mass is 595 g/mol. The van der Waals surface area contributed by atoms with Crippen LogP contribution >= 0.6 is 0 Å². The number of para-hydroxylation sites is 1. The van der Waals surface area contributed by atoms with E-state index in [1.54, 1.807) is 14.0 Å². The Bertz CT molecular complexity index is 1530. The summed E-state index contributed by atoms with van der Waals surface area (Å²) in [6, 6.07) is 18.2. The number of hydrogen-bond donors (Lipinski definition) is 4. The number of fused-ring (bicyclic) bond motifs is 1. The van der Waals surface area contributed by atoms with Gasteiger partial charge in [-0.1, -0.05) is 48.5 Å². The molecule has 13 heteroatoms. The average molecular weight is 596 g/mol. The number of anilines is 2. The number of aliphatic imine (C=N–C) groups is 2. The van der Waals surface area contributed by atoms with Crippen LogP contribution in [0.1, 0.15) is 42.1 Å². The number of amidine groups is 1. The van der Waals surface area contributed by atoms with Crippen molar-refractivity contribution in [1.29, 1.82) is 0 Å². The molecule has 2 saturated heterocycles. The van der Waals surface area contributed by atoms with Crippen LogP contribution in [0, 0.1) is 0 Å². The van der Waals surface area contributed by atoms with E-state index in [2.05, 4.69) is 26.1 Å². The van der Waals surface area contributed by atoms with Crippen LogP contribution in [-0.2, 0) is 21.4 Å². The number of rotatable bonds is 5. The third-order valence-corrected chi connectivity index (χ3v) is 7.80. The average Bonchev–Trinajstić information content (AvgIpc) is 3.33. The second-order valence-corrected chi connectivity index (χ2v) is 10.7. The Labute approximate surface area is 246 Å². The molecule has 1 aromatic heterocycles. The van der Waals surface area contributed by atoms with Crippen LogP contribution in [0.15, 0.2) is 76.8 Å². The van der Waals surface area contributed by atoms with Gasteiger partial charge in [-0.15, -0.1) is 0 Å². The molecule has 6 rings (SSSR count). The minimum absolute atomic E-state index is 0.00112. The molecule has 2 unspecified atom stereocenters. The van der Waals surface area contributed by atoms with Gasteiger partial charge in [0.15, 0.2) is 12.4 Å². The molecule has 3 atom stereocenters. The van der Waals surface area contributed by atoms with Gasteiger partial charge in [0.25, 0.3) is 0 Å². The number of piperidine rings is 1. The number of benzodiazepines with no additional fused rings is 1. The number of aliphatic hydroxyl groups excluding tert-OH is 1. The van der Waals surface area contributed by atoms with Gasteiger partial charge in [-0.2, -0.15) is 18.6 Å². The van der Waals surface area contributed by atoms with E-state index in [-0.39, 0.29) is 17.8 Å². The fourth-order valence-electron chi connectivity index (χ4n) is 5.50. The molecule has 0 saturated carbocycles. The number of hydrogen-bond acceptors (Lipinski definition) is 9. The Kier molecular flexibility index (Phi) is 7.71. The number of halogens is 3. The van der Waals surface area contributed by atoms with Gasteiger partial charge in [-0.05, 0) is 31.9 Å². The third-order valence-electron chi connectivity index (χ3n) is 7.80. The summed E-state index contributed by atoms with van der Waals surface area (Å²) in [4.78, 5) is 15.5. The molecular formula is C30H32F3N7O3. The highest BCUT2D eigenvalue weighted by atomic mass is 19.4. The number of nitrogens with zero attached hydrogens (tertiary/aromatic N) is 4. The molecule has 2 fully saturated rings. The van der Waals surface area contributed by atoms with E-state index in [1.165, 1.54) is 0 Å². The Hall–Kier alpha value is -4.20. The Balaban J connectivity index is 1.33. The Morgan fingerprint density at radius 1 is 1.09 bits per heavy atom. The van der Waals surface area contributed by atoms with E-state index in [4.69, 9.17) is 14.5 Å². The molecule has 0 spiro atoms. The van der Waals surface area contributed by atoms with Crippen molar-refractivity contribution in [3.63, 3.8) is 0 Å². The standard InChI is InChI=1S/C30H32F3N7O3/c1-29(25-23(16-19(17-34-25)30(31,32)33)40-14-12-20(42-2)13-15-40)39-38-28(43-29)37-26-27(41)35-22-11-7-6-10-21(22)24(36-26)18-8-4-3-5-9-18/h3-11,16-17,20,26-27,35,39,41H,12-15H2,1-2H3,(H,37,38)/t26-,27?,29?/m1/s1. The molecule has 0 radical (unpaired) electrons. The van der Waals surface area contributed by atoms with E-state index in [0.29, 0.717) is 43.0 Å². The van der Waals surface area contributed by atoms with E-state index < -0.39 is 29.9 Å². The first-order chi connectivity index (χ1) is 20.6. The summed E-state index contributed by atoms with van der Waals surface area (Å²) in [7, 11) is 1.63. The fraction of sp³-hybridized carbons (Fsp3) is 0.367. The van der Waals surface area contributed by atoms with Crippen LogP contribution in [0.25, 0.3) is 0 Å². The SMILES string of the molecule is COC1CCN(c2cc(C(F)(F)F)cnc2C2(C)NN/C(=N\[C@H]3N=C(c4ccccc4)c4ccccc4NC3O)O2)CC1. The van der Waals surface area contributed by atoms with Gasteiger partial charge in [0, 0.05) is 43.2 Å². The molecule has 10 nitrogen and oxygen atoms in total. The zero-order valence-electron chi connectivity index (χ0n) is 23.6. The highest BCUT2D eigenvalue weighted by Crippen LogP contribution is 2.38. The summed E-state index contributed by atoms with van der Waals surface area (Å²) in [5.41, 5.74) is 7.16. The summed E-state index contributed by atoms with van der Waals surface area (Å²) < 4.78 is 52.7. The number of benzene rings is 2. The second kappa shape index (κ2) is 11.5. The number of pyridine rings is 1. The molecule has 0 bridgehead atoms. The molecule has 226 valence electrons. The van der Waals surface area contributed by atoms with Gasteiger partial charge < -0.3 is 24.8 Å². The first-order valence-corrected chi connectivity index (χ1v) is 14.0. The maximum absolute atomic E-state index is 13.7. The minimum Gasteiger partial charge on any atom is -0.435 e. The zero-order chi connectivity index (χ0) is 30.2. The van der Waals surface area contributed by atoms with E-state index in [1.807, 2.05) is 59.5 Å². The maximum Gasteiger partial charge on any atom is 0.417 e. The fourth-order valence-corrected chi connectivity index (χ4v) is 5.50. The summed E-state index contributed by atoms with van der Waals surface area (Å²) in [6.45, 7) is 2.65. The molecule has 0 amide bonds. The number of methoxy groups -OCH3 is 1. The summed E-state index contributed by atoms with van der Waals surface area (Å²) >= 11 is 0. The van der Waals surface area contributed by atoms with Crippen molar-refractivity contribution < 1.29 is 27.8 Å². The Morgan fingerprint density at radius 3 is 2.53 bits per heavy atom. The number of hydrazine groups is 1. The van der Waals surface area contributed by atoms with Gasteiger partial charge in [0.05, 0.1) is 23.1 Å². The molecule has 43 heavy (non-hydrogen) atoms. The largest absolute Gasteiger partial charge is 0.435 e. The highest BCUT2D eigenvalue weighted by Gasteiger charge is 2.43. The quantitative estimate of drug-likeness (QED) is 0.350. The summed E-state index contributed by atoms with van der Waals surface area (Å²) in [5, 5.41) is 14.1. The van der Waals surface area contributed by atoms with E-state index in [0.717, 1.165) is 23.4 Å². The summed E-state index contributed by atoms with van der Waals surface area (Å²) in [6.07, 6.45) is -4.61. The third kappa shape index (κ3) is 5.88. The van der Waals surface area contributed by atoms with Crippen LogP contribution in [0.4, 0.5) is 24.5 Å². The first-order valence-electron chi connectivity index (χ1n) is 14.0. The molecular weight excluding hydrogens is 563 g/mol. The van der Waals surface area contributed by atoms with Crippen LogP contribution in [0.5, 0.6) is 0 Å². The van der Waals surface area contributed by atoms with Crippen LogP contribution in [-0.4, -0.2) is 60.5 Å². The minimum atomic E-state index is -4.56.